The number of hydrogen-bond donors (Lipinski definition) is 2. The van der Waals surface area contributed by atoms with E-state index in [1.807, 2.05) is 0 Å². The number of carbonyl (C=O) groups is 1. The number of methoxy groups -OCH3 is 1. The van der Waals surface area contributed by atoms with E-state index in [2.05, 4.69) is 10.3 Å². The minimum Gasteiger partial charge on any atom is -0.494 e. The number of pyridine rings is 1. The average Bonchev–Trinajstić information content (AvgIpc) is 2.41. The molecule has 0 unspecified atom stereocenters. The van der Waals surface area contributed by atoms with Crippen LogP contribution in [0.5, 0.6) is 5.75 Å². The molecule has 0 aliphatic carbocycles. The number of amides is 1. The Morgan fingerprint density at radius 2 is 2.10 bits per heavy atom. The summed E-state index contributed by atoms with van der Waals surface area (Å²) in [7, 11) is 1.40. The van der Waals surface area contributed by atoms with Crippen molar-refractivity contribution in [2.24, 2.45) is 5.73 Å². The van der Waals surface area contributed by atoms with Crippen molar-refractivity contribution in [3.05, 3.63) is 47.5 Å². The number of hydrogen-bond acceptors (Lipinski definition) is 4. The van der Waals surface area contributed by atoms with Crippen LogP contribution < -0.4 is 15.8 Å². The van der Waals surface area contributed by atoms with Crippen molar-refractivity contribution in [3.8, 4) is 5.75 Å². The molecule has 20 heavy (non-hydrogen) atoms. The van der Waals surface area contributed by atoms with E-state index in [0.717, 1.165) is 5.56 Å². The zero-order valence-electron chi connectivity index (χ0n) is 11.1. The summed E-state index contributed by atoms with van der Waals surface area (Å²) in [5.41, 5.74) is 6.77. The number of nitrogens with two attached hydrogens (primary N) is 1. The van der Waals surface area contributed by atoms with E-state index < -0.39 is 11.7 Å². The maximum absolute atomic E-state index is 13.8. The van der Waals surface area contributed by atoms with E-state index in [1.54, 1.807) is 19.1 Å². The molecule has 0 fully saturated rings. The van der Waals surface area contributed by atoms with Crippen molar-refractivity contribution in [2.75, 3.05) is 12.4 Å². The lowest BCUT2D eigenvalue weighted by Gasteiger charge is -2.13. The maximum atomic E-state index is 13.8. The molecule has 6 heteroatoms. The number of primary amides is 1. The summed E-state index contributed by atoms with van der Waals surface area (Å²) in [5, 5.41) is 2.81. The first-order valence-corrected chi connectivity index (χ1v) is 5.88. The highest BCUT2D eigenvalue weighted by Crippen LogP contribution is 2.28. The monoisotopic (exact) mass is 275 g/mol. The van der Waals surface area contributed by atoms with Gasteiger partial charge in [-0.25, -0.2) is 4.39 Å². The molecular weight excluding hydrogens is 261 g/mol. The van der Waals surface area contributed by atoms with Crippen LogP contribution in [0.1, 0.15) is 15.9 Å². The topological polar surface area (TPSA) is 77.2 Å². The summed E-state index contributed by atoms with van der Waals surface area (Å²) < 4.78 is 18.9. The van der Waals surface area contributed by atoms with Crippen LogP contribution in [-0.2, 0) is 0 Å². The van der Waals surface area contributed by atoms with Crippen LogP contribution in [0.4, 0.5) is 15.8 Å². The third kappa shape index (κ3) is 2.69. The van der Waals surface area contributed by atoms with Crippen LogP contribution >= 0.6 is 0 Å². The second-order valence-corrected chi connectivity index (χ2v) is 4.24. The first-order valence-electron chi connectivity index (χ1n) is 5.88. The number of carbonyl (C=O) groups excluding carboxylic acids is 1. The summed E-state index contributed by atoms with van der Waals surface area (Å²) in [4.78, 5) is 15.4. The molecule has 0 saturated carbocycles. The van der Waals surface area contributed by atoms with Gasteiger partial charge in [-0.3, -0.25) is 9.78 Å². The van der Waals surface area contributed by atoms with Crippen molar-refractivity contribution >= 4 is 17.3 Å². The molecule has 0 aliphatic heterocycles. The van der Waals surface area contributed by atoms with Gasteiger partial charge in [0.1, 0.15) is 11.4 Å². The second kappa shape index (κ2) is 5.56. The molecule has 0 bridgehead atoms. The van der Waals surface area contributed by atoms with Crippen LogP contribution in [0.25, 0.3) is 0 Å². The van der Waals surface area contributed by atoms with E-state index in [4.69, 9.17) is 10.5 Å². The number of aryl methyl sites for hydroxylation is 1. The van der Waals surface area contributed by atoms with Crippen LogP contribution in [0.3, 0.4) is 0 Å². The highest BCUT2D eigenvalue weighted by Gasteiger charge is 2.16. The van der Waals surface area contributed by atoms with Gasteiger partial charge in [-0.15, -0.1) is 0 Å². The smallest absolute Gasteiger partial charge is 0.254 e. The predicted molar refractivity (Wildman–Crippen MR) is 73.7 cm³/mol. The lowest BCUT2D eigenvalue weighted by Crippen LogP contribution is -2.15. The summed E-state index contributed by atoms with van der Waals surface area (Å²) in [6.07, 6.45) is 2.76. The number of aromatic nitrogens is 1. The molecule has 0 radical (unpaired) electrons. The Bertz CT molecular complexity index is 659. The third-order valence-electron chi connectivity index (χ3n) is 2.77. The minimum absolute atomic E-state index is 0.127. The van der Waals surface area contributed by atoms with E-state index >= 15 is 0 Å². The first kappa shape index (κ1) is 13.8. The van der Waals surface area contributed by atoms with Gasteiger partial charge < -0.3 is 15.8 Å². The second-order valence-electron chi connectivity index (χ2n) is 4.24. The fraction of sp³-hybridized carbons (Fsp3) is 0.143. The Morgan fingerprint density at radius 1 is 1.35 bits per heavy atom. The maximum Gasteiger partial charge on any atom is 0.254 e. The van der Waals surface area contributed by atoms with Crippen LogP contribution in [0.2, 0.25) is 0 Å². The Kier molecular flexibility index (Phi) is 3.84. The van der Waals surface area contributed by atoms with Gasteiger partial charge in [0.2, 0.25) is 0 Å². The van der Waals surface area contributed by atoms with Gasteiger partial charge in [-0.05, 0) is 24.6 Å². The van der Waals surface area contributed by atoms with Crippen molar-refractivity contribution in [2.45, 2.75) is 6.92 Å². The van der Waals surface area contributed by atoms with E-state index in [0.29, 0.717) is 5.69 Å². The molecule has 2 aromatic rings. The highest BCUT2D eigenvalue weighted by molar-refractivity contribution is 6.01. The van der Waals surface area contributed by atoms with Gasteiger partial charge in [0, 0.05) is 0 Å². The Hall–Kier alpha value is -2.63. The Balaban J connectivity index is 2.45. The molecule has 0 atom stereocenters. The first-order chi connectivity index (χ1) is 9.52. The highest BCUT2D eigenvalue weighted by atomic mass is 19.1. The summed E-state index contributed by atoms with van der Waals surface area (Å²) >= 11 is 0. The molecule has 1 aromatic carbocycles. The molecule has 0 saturated heterocycles. The van der Waals surface area contributed by atoms with Crippen molar-refractivity contribution in [1.82, 2.24) is 4.98 Å². The zero-order chi connectivity index (χ0) is 14.7. The van der Waals surface area contributed by atoms with Crippen molar-refractivity contribution in [3.63, 3.8) is 0 Å². The molecule has 1 heterocycles. The summed E-state index contributed by atoms with van der Waals surface area (Å²) in [6.45, 7) is 1.79. The van der Waals surface area contributed by atoms with Gasteiger partial charge in [-0.2, -0.15) is 0 Å². The lowest BCUT2D eigenvalue weighted by molar-refractivity contribution is 0.0998. The van der Waals surface area contributed by atoms with Gasteiger partial charge in [0.05, 0.1) is 30.9 Å². The quantitative estimate of drug-likeness (QED) is 0.898. The van der Waals surface area contributed by atoms with Gasteiger partial charge >= 0.3 is 0 Å². The largest absolute Gasteiger partial charge is 0.494 e. The fourth-order valence-electron chi connectivity index (χ4n) is 1.81. The number of nitrogens with one attached hydrogen (secondary N) is 1. The number of anilines is 2. The van der Waals surface area contributed by atoms with Crippen molar-refractivity contribution in [1.29, 1.82) is 0 Å². The van der Waals surface area contributed by atoms with Gasteiger partial charge in [0.15, 0.2) is 5.75 Å². The number of nitrogens with zero attached hydrogens (tertiary/aromatic N) is 1. The minimum atomic E-state index is -0.681. The number of rotatable bonds is 4. The molecule has 1 aromatic heterocycles. The third-order valence-corrected chi connectivity index (χ3v) is 2.77. The standard InChI is InChI=1S/C14H14FN3O2/c1-8-3-4-10(9(15)5-8)18-11-6-17-7-12(20-2)13(11)14(16)19/h3-7,18H,1-2H3,(H2,16,19). The number of halogens is 1. The zero-order valence-corrected chi connectivity index (χ0v) is 11.1. The number of benzene rings is 1. The van der Waals surface area contributed by atoms with E-state index in [-0.39, 0.29) is 17.0 Å². The van der Waals surface area contributed by atoms with Crippen LogP contribution in [0, 0.1) is 12.7 Å². The Labute approximate surface area is 115 Å². The average molecular weight is 275 g/mol. The molecule has 2 rings (SSSR count). The van der Waals surface area contributed by atoms with Gasteiger partial charge in [-0.1, -0.05) is 6.07 Å². The molecule has 0 aliphatic rings. The molecule has 5 nitrogen and oxygen atoms in total. The molecule has 1 amide bonds. The molecule has 0 spiro atoms. The predicted octanol–water partition coefficient (Wildman–Crippen LogP) is 2.38. The summed E-state index contributed by atoms with van der Waals surface area (Å²) in [5.74, 6) is -0.877. The van der Waals surface area contributed by atoms with Crippen LogP contribution in [0.15, 0.2) is 30.6 Å². The molecular formula is C14H14FN3O2. The summed E-state index contributed by atoms with van der Waals surface area (Å²) in [6, 6.07) is 4.72. The molecule has 3 N–H and O–H groups in total. The normalized spacial score (nSPS) is 10.2. The SMILES string of the molecule is COc1cncc(Nc2ccc(C)cc2F)c1C(N)=O. The van der Waals surface area contributed by atoms with Crippen LogP contribution in [-0.4, -0.2) is 18.0 Å². The van der Waals surface area contributed by atoms with Gasteiger partial charge in [0.25, 0.3) is 5.91 Å². The van der Waals surface area contributed by atoms with E-state index in [9.17, 15) is 9.18 Å². The lowest BCUT2D eigenvalue weighted by atomic mass is 10.1. The van der Waals surface area contributed by atoms with Crippen molar-refractivity contribution < 1.29 is 13.9 Å². The fourth-order valence-corrected chi connectivity index (χ4v) is 1.81. The molecule has 104 valence electrons. The van der Waals surface area contributed by atoms with E-state index in [1.165, 1.54) is 25.6 Å². The Morgan fingerprint density at radius 3 is 2.70 bits per heavy atom. The number of ether oxygens (including phenoxy) is 1.